The second-order valence-corrected chi connectivity index (χ2v) is 3.86. The monoisotopic (exact) mass is 228 g/mol. The van der Waals surface area contributed by atoms with E-state index in [1.54, 1.807) is 0 Å². The van der Waals surface area contributed by atoms with Gasteiger partial charge in [-0.1, -0.05) is 58.0 Å². The fourth-order valence-electron chi connectivity index (χ4n) is 1.37. The highest BCUT2D eigenvalue weighted by molar-refractivity contribution is 5.53. The Hall–Kier alpha value is -1.70. The van der Waals surface area contributed by atoms with Crippen molar-refractivity contribution < 1.29 is 0 Å². The molecule has 0 saturated carbocycles. The first-order valence-corrected chi connectivity index (χ1v) is 6.15. The Morgan fingerprint density at radius 1 is 0.882 bits per heavy atom. The molecule has 0 unspecified atom stereocenters. The van der Waals surface area contributed by atoms with Gasteiger partial charge in [0, 0.05) is 18.0 Å². The standard InChI is InChI=1S/C13H14N2.C2H6/c1-10(2)12-8-14-13(15-9-12)11-6-4-3-5-7-11;1-2/h3-10H,1-2H3;1-2H3. The Balaban J connectivity index is 0.000000686. The van der Waals surface area contributed by atoms with Crippen molar-refractivity contribution in [3.8, 4) is 11.4 Å². The van der Waals surface area contributed by atoms with Gasteiger partial charge >= 0.3 is 0 Å². The lowest BCUT2D eigenvalue weighted by Crippen LogP contribution is -1.93. The summed E-state index contributed by atoms with van der Waals surface area (Å²) in [4.78, 5) is 8.72. The second kappa shape index (κ2) is 6.79. The van der Waals surface area contributed by atoms with Crippen LogP contribution < -0.4 is 0 Å². The van der Waals surface area contributed by atoms with Crippen molar-refractivity contribution in [1.82, 2.24) is 9.97 Å². The van der Waals surface area contributed by atoms with Crippen molar-refractivity contribution in [2.75, 3.05) is 0 Å². The van der Waals surface area contributed by atoms with Crippen LogP contribution in [0.4, 0.5) is 0 Å². The fourth-order valence-corrected chi connectivity index (χ4v) is 1.37. The zero-order chi connectivity index (χ0) is 12.7. The Kier molecular flexibility index (Phi) is 5.34. The van der Waals surface area contributed by atoms with E-state index in [4.69, 9.17) is 0 Å². The molecular formula is C15H20N2. The van der Waals surface area contributed by atoms with E-state index in [2.05, 4.69) is 23.8 Å². The van der Waals surface area contributed by atoms with Gasteiger partial charge in [-0.25, -0.2) is 9.97 Å². The summed E-state index contributed by atoms with van der Waals surface area (Å²) < 4.78 is 0. The van der Waals surface area contributed by atoms with Crippen LogP contribution in [0.3, 0.4) is 0 Å². The zero-order valence-corrected chi connectivity index (χ0v) is 11.0. The molecule has 0 aliphatic rings. The summed E-state index contributed by atoms with van der Waals surface area (Å²) in [5, 5.41) is 0. The summed E-state index contributed by atoms with van der Waals surface area (Å²) in [6, 6.07) is 10.0. The molecule has 0 aliphatic heterocycles. The minimum Gasteiger partial charge on any atom is -0.236 e. The molecule has 0 aliphatic carbocycles. The van der Waals surface area contributed by atoms with Gasteiger partial charge in [0.05, 0.1) is 0 Å². The van der Waals surface area contributed by atoms with E-state index in [-0.39, 0.29) is 0 Å². The average molecular weight is 228 g/mol. The summed E-state index contributed by atoms with van der Waals surface area (Å²) >= 11 is 0. The van der Waals surface area contributed by atoms with Crippen molar-refractivity contribution in [2.24, 2.45) is 0 Å². The Morgan fingerprint density at radius 2 is 1.41 bits per heavy atom. The Bertz CT molecular complexity index is 418. The molecular weight excluding hydrogens is 208 g/mol. The van der Waals surface area contributed by atoms with Gasteiger partial charge in [-0.2, -0.15) is 0 Å². The molecule has 1 aromatic carbocycles. The van der Waals surface area contributed by atoms with Gasteiger partial charge in [0.2, 0.25) is 0 Å². The maximum absolute atomic E-state index is 4.36. The van der Waals surface area contributed by atoms with E-state index in [0.717, 1.165) is 11.4 Å². The van der Waals surface area contributed by atoms with Gasteiger partial charge in [-0.15, -0.1) is 0 Å². The van der Waals surface area contributed by atoms with Crippen LogP contribution in [0.5, 0.6) is 0 Å². The van der Waals surface area contributed by atoms with Crippen molar-refractivity contribution >= 4 is 0 Å². The molecule has 0 fully saturated rings. The molecule has 0 bridgehead atoms. The lowest BCUT2D eigenvalue weighted by molar-refractivity contribution is 0.847. The largest absolute Gasteiger partial charge is 0.236 e. The first kappa shape index (κ1) is 13.4. The van der Waals surface area contributed by atoms with Crippen molar-refractivity contribution in [2.45, 2.75) is 33.6 Å². The molecule has 2 rings (SSSR count). The highest BCUT2D eigenvalue weighted by atomic mass is 14.9. The molecule has 1 heterocycles. The number of aromatic nitrogens is 2. The highest BCUT2D eigenvalue weighted by Gasteiger charge is 2.02. The van der Waals surface area contributed by atoms with Gasteiger partial charge in [0.25, 0.3) is 0 Å². The molecule has 0 atom stereocenters. The van der Waals surface area contributed by atoms with Crippen molar-refractivity contribution in [3.63, 3.8) is 0 Å². The van der Waals surface area contributed by atoms with Crippen LogP contribution >= 0.6 is 0 Å². The number of hydrogen-bond acceptors (Lipinski definition) is 2. The fraction of sp³-hybridized carbons (Fsp3) is 0.333. The van der Waals surface area contributed by atoms with Crippen LogP contribution in [0.1, 0.15) is 39.2 Å². The first-order valence-electron chi connectivity index (χ1n) is 6.15. The molecule has 0 spiro atoms. The van der Waals surface area contributed by atoms with Gasteiger partial charge < -0.3 is 0 Å². The summed E-state index contributed by atoms with van der Waals surface area (Å²) in [5.41, 5.74) is 2.24. The van der Waals surface area contributed by atoms with Crippen LogP contribution in [0.2, 0.25) is 0 Å². The molecule has 17 heavy (non-hydrogen) atoms. The molecule has 2 heteroatoms. The predicted molar refractivity (Wildman–Crippen MR) is 72.9 cm³/mol. The molecule has 0 amide bonds. The SMILES string of the molecule is CC.CC(C)c1cnc(-c2ccccc2)nc1. The van der Waals surface area contributed by atoms with Crippen LogP contribution in [-0.2, 0) is 0 Å². The number of rotatable bonds is 2. The Morgan fingerprint density at radius 3 is 1.88 bits per heavy atom. The normalized spacial score (nSPS) is 9.71. The molecule has 1 aromatic heterocycles. The third kappa shape index (κ3) is 3.66. The van der Waals surface area contributed by atoms with Crippen LogP contribution in [0, 0.1) is 0 Å². The van der Waals surface area contributed by atoms with Gasteiger partial charge in [0.15, 0.2) is 5.82 Å². The maximum Gasteiger partial charge on any atom is 0.159 e. The third-order valence-electron chi connectivity index (χ3n) is 2.37. The quantitative estimate of drug-likeness (QED) is 0.766. The van der Waals surface area contributed by atoms with E-state index in [1.165, 1.54) is 5.56 Å². The first-order chi connectivity index (χ1) is 8.27. The van der Waals surface area contributed by atoms with E-state index in [9.17, 15) is 0 Å². The van der Waals surface area contributed by atoms with Crippen molar-refractivity contribution in [1.29, 1.82) is 0 Å². The van der Waals surface area contributed by atoms with Crippen LogP contribution in [0.25, 0.3) is 11.4 Å². The number of hydrogen-bond donors (Lipinski definition) is 0. The van der Waals surface area contributed by atoms with Crippen LogP contribution in [-0.4, -0.2) is 9.97 Å². The van der Waals surface area contributed by atoms with Crippen LogP contribution in [0.15, 0.2) is 42.7 Å². The second-order valence-electron chi connectivity index (χ2n) is 3.86. The number of benzene rings is 1. The van der Waals surface area contributed by atoms with E-state index >= 15 is 0 Å². The molecule has 2 nitrogen and oxygen atoms in total. The molecule has 0 radical (unpaired) electrons. The molecule has 90 valence electrons. The smallest absolute Gasteiger partial charge is 0.159 e. The third-order valence-corrected chi connectivity index (χ3v) is 2.37. The highest BCUT2D eigenvalue weighted by Crippen LogP contribution is 2.16. The van der Waals surface area contributed by atoms with Gasteiger partial charge in [0.1, 0.15) is 0 Å². The summed E-state index contributed by atoms with van der Waals surface area (Å²) in [7, 11) is 0. The number of nitrogens with zero attached hydrogens (tertiary/aromatic N) is 2. The lowest BCUT2D eigenvalue weighted by atomic mass is 10.1. The minimum absolute atomic E-state index is 0.481. The predicted octanol–water partition coefficient (Wildman–Crippen LogP) is 4.29. The van der Waals surface area contributed by atoms with E-state index in [1.807, 2.05) is 56.6 Å². The summed E-state index contributed by atoms with van der Waals surface area (Å²) in [6.07, 6.45) is 3.81. The van der Waals surface area contributed by atoms with Crippen molar-refractivity contribution in [3.05, 3.63) is 48.3 Å². The maximum atomic E-state index is 4.36. The summed E-state index contributed by atoms with van der Waals surface area (Å²) in [6.45, 7) is 8.28. The molecule has 2 aromatic rings. The Labute approximate surface area is 104 Å². The van der Waals surface area contributed by atoms with Gasteiger partial charge in [-0.05, 0) is 11.5 Å². The van der Waals surface area contributed by atoms with Gasteiger partial charge in [-0.3, -0.25) is 0 Å². The minimum atomic E-state index is 0.481. The van der Waals surface area contributed by atoms with E-state index < -0.39 is 0 Å². The van der Waals surface area contributed by atoms with E-state index in [0.29, 0.717) is 5.92 Å². The molecule has 0 N–H and O–H groups in total. The summed E-state index contributed by atoms with van der Waals surface area (Å²) in [5.74, 6) is 1.27. The molecule has 0 saturated heterocycles. The topological polar surface area (TPSA) is 25.8 Å². The average Bonchev–Trinajstić information content (AvgIpc) is 2.42. The zero-order valence-electron chi connectivity index (χ0n) is 11.0. The lowest BCUT2D eigenvalue weighted by Gasteiger charge is -2.04.